The van der Waals surface area contributed by atoms with Crippen LogP contribution in [0.25, 0.3) is 0 Å². The predicted octanol–water partition coefficient (Wildman–Crippen LogP) is -0.244. The molecule has 1 aliphatic heterocycles. The predicted molar refractivity (Wildman–Crippen MR) is 58.3 cm³/mol. The zero-order valence-corrected chi connectivity index (χ0v) is 10.1. The van der Waals surface area contributed by atoms with Crippen molar-refractivity contribution in [2.24, 2.45) is 0 Å². The molecule has 1 atom stereocenters. The van der Waals surface area contributed by atoms with Gasteiger partial charge in [-0.05, 0) is 6.92 Å². The van der Waals surface area contributed by atoms with E-state index in [9.17, 15) is 14.4 Å². The molecular weight excluding hydrogens is 226 g/mol. The van der Waals surface area contributed by atoms with Gasteiger partial charge in [-0.1, -0.05) is 0 Å². The number of methoxy groups -OCH3 is 1. The van der Waals surface area contributed by atoms with E-state index in [4.69, 9.17) is 4.74 Å². The van der Waals surface area contributed by atoms with E-state index >= 15 is 0 Å². The summed E-state index contributed by atoms with van der Waals surface area (Å²) in [7, 11) is 1.28. The Morgan fingerprint density at radius 1 is 1.35 bits per heavy atom. The lowest BCUT2D eigenvalue weighted by Gasteiger charge is -2.31. The zero-order chi connectivity index (χ0) is 12.8. The highest BCUT2D eigenvalue weighted by atomic mass is 16.6. The summed E-state index contributed by atoms with van der Waals surface area (Å²) in [6, 6.07) is 0. The van der Waals surface area contributed by atoms with Crippen molar-refractivity contribution in [1.29, 1.82) is 0 Å². The topological polar surface area (TPSA) is 72.9 Å². The summed E-state index contributed by atoms with van der Waals surface area (Å²) >= 11 is 0. The molecule has 1 heterocycles. The molecule has 0 spiro atoms. The first kappa shape index (κ1) is 13.6. The minimum absolute atomic E-state index is 0.0175. The standard InChI is InChI=1S/C11H17NO5/c1-8(13)3-4-10(14)12-5-6-17-9(7-12)11(15)16-2/h9H,3-7H2,1-2H3. The number of ether oxygens (including phenoxy) is 2. The smallest absolute Gasteiger partial charge is 0.336 e. The lowest BCUT2D eigenvalue weighted by Crippen LogP contribution is -2.48. The average Bonchev–Trinajstić information content (AvgIpc) is 2.35. The van der Waals surface area contributed by atoms with E-state index in [1.807, 2.05) is 0 Å². The van der Waals surface area contributed by atoms with Gasteiger partial charge in [0.1, 0.15) is 5.78 Å². The molecule has 1 saturated heterocycles. The van der Waals surface area contributed by atoms with E-state index in [-0.39, 0.29) is 31.1 Å². The van der Waals surface area contributed by atoms with Gasteiger partial charge in [-0.2, -0.15) is 0 Å². The Labute approximate surface area is 99.9 Å². The van der Waals surface area contributed by atoms with Crippen LogP contribution in [0, 0.1) is 0 Å². The zero-order valence-electron chi connectivity index (χ0n) is 10.1. The monoisotopic (exact) mass is 243 g/mol. The Morgan fingerprint density at radius 3 is 2.65 bits per heavy atom. The first-order chi connectivity index (χ1) is 8.04. The molecule has 0 aliphatic carbocycles. The molecule has 0 N–H and O–H groups in total. The second kappa shape index (κ2) is 6.34. The number of hydrogen-bond acceptors (Lipinski definition) is 5. The van der Waals surface area contributed by atoms with Crippen LogP contribution in [0.3, 0.4) is 0 Å². The Balaban J connectivity index is 2.45. The van der Waals surface area contributed by atoms with E-state index in [1.54, 1.807) is 0 Å². The fraction of sp³-hybridized carbons (Fsp3) is 0.727. The minimum Gasteiger partial charge on any atom is -0.467 e. The van der Waals surface area contributed by atoms with Gasteiger partial charge in [0.2, 0.25) is 5.91 Å². The molecule has 1 unspecified atom stereocenters. The number of nitrogens with zero attached hydrogens (tertiary/aromatic N) is 1. The van der Waals surface area contributed by atoms with Crippen molar-refractivity contribution in [1.82, 2.24) is 4.90 Å². The fourth-order valence-corrected chi connectivity index (χ4v) is 1.59. The van der Waals surface area contributed by atoms with E-state index in [0.29, 0.717) is 13.2 Å². The minimum atomic E-state index is -0.713. The summed E-state index contributed by atoms with van der Waals surface area (Å²) in [6.45, 7) is 2.41. The van der Waals surface area contributed by atoms with Gasteiger partial charge in [-0.3, -0.25) is 4.79 Å². The molecule has 1 amide bonds. The molecule has 6 heteroatoms. The molecular formula is C11H17NO5. The summed E-state index contributed by atoms with van der Waals surface area (Å²) in [4.78, 5) is 35.3. The third-order valence-electron chi connectivity index (χ3n) is 2.57. The Bertz CT molecular complexity index is 315. The van der Waals surface area contributed by atoms with Crippen molar-refractivity contribution in [3.63, 3.8) is 0 Å². The molecule has 0 aromatic rings. The highest BCUT2D eigenvalue weighted by molar-refractivity contribution is 5.84. The van der Waals surface area contributed by atoms with Gasteiger partial charge in [0.25, 0.3) is 0 Å². The molecule has 0 bridgehead atoms. The van der Waals surface area contributed by atoms with Crippen molar-refractivity contribution in [2.75, 3.05) is 26.8 Å². The van der Waals surface area contributed by atoms with Crippen LogP contribution < -0.4 is 0 Å². The number of Topliss-reactive ketones (excluding diaryl/α,β-unsaturated/α-hetero) is 1. The maximum atomic E-state index is 11.7. The van der Waals surface area contributed by atoms with Gasteiger partial charge in [-0.15, -0.1) is 0 Å². The average molecular weight is 243 g/mol. The van der Waals surface area contributed by atoms with Crippen molar-refractivity contribution >= 4 is 17.7 Å². The molecule has 1 rings (SSSR count). The second-order valence-corrected chi connectivity index (χ2v) is 3.92. The van der Waals surface area contributed by atoms with Gasteiger partial charge in [0.15, 0.2) is 6.10 Å². The van der Waals surface area contributed by atoms with E-state index in [1.165, 1.54) is 18.9 Å². The highest BCUT2D eigenvalue weighted by Gasteiger charge is 2.29. The molecule has 17 heavy (non-hydrogen) atoms. The number of esters is 1. The van der Waals surface area contributed by atoms with Gasteiger partial charge < -0.3 is 19.2 Å². The van der Waals surface area contributed by atoms with Crippen molar-refractivity contribution < 1.29 is 23.9 Å². The lowest BCUT2D eigenvalue weighted by atomic mass is 10.2. The normalized spacial score (nSPS) is 19.9. The lowest BCUT2D eigenvalue weighted by molar-refractivity contribution is -0.162. The quantitative estimate of drug-likeness (QED) is 0.637. The van der Waals surface area contributed by atoms with Crippen LogP contribution in [-0.4, -0.2) is 55.5 Å². The summed E-state index contributed by atoms with van der Waals surface area (Å²) < 4.78 is 9.76. The SMILES string of the molecule is COC(=O)C1CN(C(=O)CCC(C)=O)CCO1. The summed E-state index contributed by atoms with van der Waals surface area (Å²) in [5, 5.41) is 0. The number of ketones is 1. The van der Waals surface area contributed by atoms with Gasteiger partial charge in [0.05, 0.1) is 20.3 Å². The van der Waals surface area contributed by atoms with E-state index in [2.05, 4.69) is 4.74 Å². The summed E-state index contributed by atoms with van der Waals surface area (Å²) in [5.41, 5.74) is 0. The van der Waals surface area contributed by atoms with Crippen molar-refractivity contribution in [3.8, 4) is 0 Å². The van der Waals surface area contributed by atoms with E-state index < -0.39 is 12.1 Å². The highest BCUT2D eigenvalue weighted by Crippen LogP contribution is 2.09. The first-order valence-corrected chi connectivity index (χ1v) is 5.51. The van der Waals surface area contributed by atoms with Crippen LogP contribution in [0.2, 0.25) is 0 Å². The number of amides is 1. The van der Waals surface area contributed by atoms with Crippen LogP contribution in [0.5, 0.6) is 0 Å². The largest absolute Gasteiger partial charge is 0.467 e. The summed E-state index contributed by atoms with van der Waals surface area (Å²) in [6.07, 6.45) is -0.294. The molecule has 0 aromatic carbocycles. The van der Waals surface area contributed by atoms with Gasteiger partial charge in [-0.25, -0.2) is 4.79 Å². The third kappa shape index (κ3) is 4.14. The molecule has 0 radical (unpaired) electrons. The number of morpholine rings is 1. The Hall–Kier alpha value is -1.43. The molecule has 1 fully saturated rings. The molecule has 1 aliphatic rings. The number of carbonyl (C=O) groups excluding carboxylic acids is 3. The first-order valence-electron chi connectivity index (χ1n) is 5.51. The number of hydrogen-bond donors (Lipinski definition) is 0. The third-order valence-corrected chi connectivity index (χ3v) is 2.57. The van der Waals surface area contributed by atoms with Crippen molar-refractivity contribution in [3.05, 3.63) is 0 Å². The molecule has 0 aromatic heterocycles. The van der Waals surface area contributed by atoms with Gasteiger partial charge >= 0.3 is 5.97 Å². The Morgan fingerprint density at radius 2 is 2.06 bits per heavy atom. The van der Waals surface area contributed by atoms with Crippen molar-refractivity contribution in [2.45, 2.75) is 25.9 Å². The fourth-order valence-electron chi connectivity index (χ4n) is 1.59. The molecule has 96 valence electrons. The molecule has 0 saturated carbocycles. The second-order valence-electron chi connectivity index (χ2n) is 3.92. The Kier molecular flexibility index (Phi) is 5.09. The maximum absolute atomic E-state index is 11.7. The van der Waals surface area contributed by atoms with Crippen LogP contribution in [0.15, 0.2) is 0 Å². The van der Waals surface area contributed by atoms with Crippen LogP contribution in [-0.2, 0) is 23.9 Å². The van der Waals surface area contributed by atoms with Crippen LogP contribution in [0.1, 0.15) is 19.8 Å². The van der Waals surface area contributed by atoms with Gasteiger partial charge in [0, 0.05) is 19.4 Å². The molecule has 6 nitrogen and oxygen atoms in total. The maximum Gasteiger partial charge on any atom is 0.336 e. The van der Waals surface area contributed by atoms with Crippen LogP contribution >= 0.6 is 0 Å². The van der Waals surface area contributed by atoms with Crippen LogP contribution in [0.4, 0.5) is 0 Å². The van der Waals surface area contributed by atoms with E-state index in [0.717, 1.165) is 0 Å². The number of rotatable bonds is 4. The summed E-state index contributed by atoms with van der Waals surface area (Å²) in [5.74, 6) is -0.623. The number of carbonyl (C=O) groups is 3.